The highest BCUT2D eigenvalue weighted by atomic mass is 16.5. The van der Waals surface area contributed by atoms with Gasteiger partial charge in [0.1, 0.15) is 11.9 Å². The third kappa shape index (κ3) is 6.83. The number of fused-ring (bicyclic) bond motifs is 5. The number of nitrogens with zero attached hydrogens (tertiary/aromatic N) is 2. The third-order valence-corrected chi connectivity index (χ3v) is 6.80. The minimum Gasteiger partial charge on any atom is -0.497 e. The van der Waals surface area contributed by atoms with E-state index in [1.165, 1.54) is 5.56 Å². The van der Waals surface area contributed by atoms with Crippen molar-refractivity contribution in [3.8, 4) is 5.75 Å². The number of ether oxygens (including phenoxy) is 1. The molecule has 0 amide bonds. The second kappa shape index (κ2) is 15.0. The molecule has 0 spiro atoms. The lowest BCUT2D eigenvalue weighted by molar-refractivity contribution is -0.108. The van der Waals surface area contributed by atoms with Crippen molar-refractivity contribution in [2.75, 3.05) is 39.8 Å². The van der Waals surface area contributed by atoms with Crippen LogP contribution in [0.15, 0.2) is 30.4 Å². The van der Waals surface area contributed by atoms with E-state index in [9.17, 15) is 10.2 Å². The molecule has 6 nitrogen and oxygen atoms in total. The van der Waals surface area contributed by atoms with Crippen LogP contribution in [0.1, 0.15) is 74.3 Å². The van der Waals surface area contributed by atoms with E-state index in [2.05, 4.69) is 75.8 Å². The number of likely N-dealkylation sites (N-methyl/N-ethyl adjacent to an activating group) is 2. The molecule has 1 saturated carbocycles. The molecular weight excluding hydrogens is 452 g/mol. The van der Waals surface area contributed by atoms with Gasteiger partial charge in [0.05, 0.1) is 19.3 Å². The molecule has 1 aromatic rings. The number of rotatable bonds is 2. The third-order valence-electron chi connectivity index (χ3n) is 6.80. The zero-order valence-corrected chi connectivity index (χ0v) is 25.3. The first kappa shape index (κ1) is 34.4. The normalized spacial score (nSPS) is 29.8. The summed E-state index contributed by atoms with van der Waals surface area (Å²) in [6, 6.07) is 6.23. The summed E-state index contributed by atoms with van der Waals surface area (Å²) in [6.45, 7) is 19.8. The molecule has 5 unspecified atom stereocenters. The van der Waals surface area contributed by atoms with Gasteiger partial charge in [-0.15, -0.1) is 0 Å². The highest BCUT2D eigenvalue weighted by Crippen LogP contribution is 2.57. The van der Waals surface area contributed by atoms with Crippen LogP contribution < -0.4 is 9.64 Å². The Morgan fingerprint density at radius 1 is 0.972 bits per heavy atom. The van der Waals surface area contributed by atoms with Gasteiger partial charge in [-0.2, -0.15) is 0 Å². The number of aliphatic hydroxyl groups excluding tert-OH is 3. The largest absolute Gasteiger partial charge is 0.497 e. The van der Waals surface area contributed by atoms with Gasteiger partial charge in [-0.1, -0.05) is 80.5 Å². The van der Waals surface area contributed by atoms with Crippen LogP contribution in [-0.2, 0) is 5.41 Å². The van der Waals surface area contributed by atoms with E-state index in [1.54, 1.807) is 7.11 Å². The van der Waals surface area contributed by atoms with Crippen LogP contribution in [0.3, 0.4) is 0 Å². The summed E-state index contributed by atoms with van der Waals surface area (Å²) in [5.41, 5.74) is 2.63. The van der Waals surface area contributed by atoms with Crippen molar-refractivity contribution in [3.05, 3.63) is 35.9 Å². The molecule has 1 fully saturated rings. The number of methoxy groups -OCH3 is 1. The fourth-order valence-electron chi connectivity index (χ4n) is 5.80. The Morgan fingerprint density at radius 3 is 1.97 bits per heavy atom. The number of anilines is 1. The van der Waals surface area contributed by atoms with E-state index >= 15 is 0 Å². The zero-order valence-electron chi connectivity index (χ0n) is 25.3. The van der Waals surface area contributed by atoms with Crippen LogP contribution in [0.2, 0.25) is 0 Å². The molecule has 0 bridgehead atoms. The number of hydrogen-bond acceptors (Lipinski definition) is 6. The zero-order chi connectivity index (χ0) is 28.4. The molecule has 6 atom stereocenters. The van der Waals surface area contributed by atoms with Crippen molar-refractivity contribution in [3.63, 3.8) is 0 Å². The van der Waals surface area contributed by atoms with Crippen molar-refractivity contribution < 1.29 is 20.1 Å². The molecule has 2 heterocycles. The smallest absolute Gasteiger partial charge is 0.120 e. The molecule has 210 valence electrons. The summed E-state index contributed by atoms with van der Waals surface area (Å²) in [7, 11) is 6.82. The van der Waals surface area contributed by atoms with Gasteiger partial charge in [-0.05, 0) is 30.5 Å². The highest BCUT2D eigenvalue weighted by Gasteiger charge is 2.64. The van der Waals surface area contributed by atoms with E-state index in [0.717, 1.165) is 31.5 Å². The molecule has 1 aliphatic carbocycles. The van der Waals surface area contributed by atoms with Gasteiger partial charge in [0.2, 0.25) is 0 Å². The summed E-state index contributed by atoms with van der Waals surface area (Å²) in [4.78, 5) is 4.49. The lowest BCUT2D eigenvalue weighted by atomic mass is 9.56. The van der Waals surface area contributed by atoms with Gasteiger partial charge >= 0.3 is 0 Å². The predicted octanol–water partition coefficient (Wildman–Crippen LogP) is 5.10. The van der Waals surface area contributed by atoms with Crippen LogP contribution in [0.4, 0.5) is 5.69 Å². The molecular formula is C30H56N2O4. The molecule has 3 aliphatic rings. The molecule has 0 radical (unpaired) electrons. The topological polar surface area (TPSA) is 76.4 Å². The lowest BCUT2D eigenvalue weighted by Gasteiger charge is -2.57. The Kier molecular flexibility index (Phi) is 14.3. The minimum absolute atomic E-state index is 0.0635. The Bertz CT molecular complexity index is 786. The quantitative estimate of drug-likeness (QED) is 0.483. The van der Waals surface area contributed by atoms with Crippen LogP contribution in [0.25, 0.3) is 0 Å². The van der Waals surface area contributed by atoms with Crippen LogP contribution in [0.5, 0.6) is 5.75 Å². The van der Waals surface area contributed by atoms with Crippen LogP contribution in [-0.4, -0.2) is 79.4 Å². The first-order valence-corrected chi connectivity index (χ1v) is 13.6. The van der Waals surface area contributed by atoms with E-state index in [0.29, 0.717) is 5.41 Å². The Morgan fingerprint density at radius 2 is 1.50 bits per heavy atom. The maximum atomic E-state index is 11.1. The summed E-state index contributed by atoms with van der Waals surface area (Å²) in [5.74, 6) is 0.755. The van der Waals surface area contributed by atoms with Gasteiger partial charge in [0.25, 0.3) is 0 Å². The molecule has 1 aromatic carbocycles. The van der Waals surface area contributed by atoms with E-state index in [-0.39, 0.29) is 23.4 Å². The number of hydrogen-bond donors (Lipinski definition) is 3. The Labute approximate surface area is 222 Å². The first-order valence-electron chi connectivity index (χ1n) is 13.6. The van der Waals surface area contributed by atoms with Crippen molar-refractivity contribution >= 4 is 5.69 Å². The SMILES string of the molecule is CC.CC.CC(C)(C)C.CC[C@]12c3ccc(OC)cc3N(C)C1C(O)C(O)C1C=CCN(C)C12.CO. The maximum Gasteiger partial charge on any atom is 0.120 e. The van der Waals surface area contributed by atoms with E-state index in [1.807, 2.05) is 40.8 Å². The van der Waals surface area contributed by atoms with Gasteiger partial charge < -0.3 is 25.0 Å². The molecule has 3 N–H and O–H groups in total. The van der Waals surface area contributed by atoms with Crippen molar-refractivity contribution in [1.82, 2.24) is 4.90 Å². The highest BCUT2D eigenvalue weighted by molar-refractivity contribution is 5.68. The van der Waals surface area contributed by atoms with Crippen molar-refractivity contribution in [1.29, 1.82) is 0 Å². The average Bonchev–Trinajstić information content (AvgIpc) is 3.13. The first-order chi connectivity index (χ1) is 17.0. The standard InChI is InChI=1S/C20H28N2O3.C5H12.2C2H6.CH4O/c1-5-20-14-9-8-12(25-4)11-15(14)22(3)19(20)17(24)16(23)13-7-6-10-21(2)18(13)20;1-5(2,3)4;3*1-2/h6-9,11,13,16-19,23-24H,5,10H2,1-4H3;1-4H3;2*1-2H3;2H,1H3/t13?,16?,17?,18?,19?,20-;;;;/m1..../s1. The van der Waals surface area contributed by atoms with E-state index < -0.39 is 12.2 Å². The van der Waals surface area contributed by atoms with Crippen LogP contribution in [0, 0.1) is 11.3 Å². The average molecular weight is 509 g/mol. The second-order valence-electron chi connectivity index (χ2n) is 10.7. The molecule has 0 saturated heterocycles. The number of aliphatic hydroxyl groups is 3. The molecule has 6 heteroatoms. The lowest BCUT2D eigenvalue weighted by Crippen LogP contribution is -2.71. The minimum atomic E-state index is -0.791. The molecule has 36 heavy (non-hydrogen) atoms. The van der Waals surface area contributed by atoms with Gasteiger partial charge in [-0.3, -0.25) is 4.90 Å². The monoisotopic (exact) mass is 508 g/mol. The maximum absolute atomic E-state index is 11.1. The Balaban J connectivity index is 0.000000967. The van der Waals surface area contributed by atoms with Crippen molar-refractivity contribution in [2.24, 2.45) is 11.3 Å². The van der Waals surface area contributed by atoms with E-state index in [4.69, 9.17) is 9.84 Å². The fourth-order valence-corrected chi connectivity index (χ4v) is 5.80. The van der Waals surface area contributed by atoms with Crippen molar-refractivity contribution in [2.45, 2.75) is 98.4 Å². The van der Waals surface area contributed by atoms with Gasteiger partial charge in [0, 0.05) is 49.8 Å². The van der Waals surface area contributed by atoms with Gasteiger partial charge in [0.15, 0.2) is 0 Å². The summed E-state index contributed by atoms with van der Waals surface area (Å²) < 4.78 is 5.42. The number of benzene rings is 1. The Hall–Kier alpha value is -1.60. The molecule has 4 rings (SSSR count). The summed E-state index contributed by atoms with van der Waals surface area (Å²) in [5, 5.41) is 28.9. The predicted molar refractivity (Wildman–Crippen MR) is 154 cm³/mol. The van der Waals surface area contributed by atoms with Crippen LogP contribution >= 0.6 is 0 Å². The second-order valence-corrected chi connectivity index (χ2v) is 10.7. The molecule has 2 aliphatic heterocycles. The molecule has 0 aromatic heterocycles. The van der Waals surface area contributed by atoms with Gasteiger partial charge in [-0.25, -0.2) is 0 Å². The summed E-state index contributed by atoms with van der Waals surface area (Å²) in [6.07, 6.45) is 3.57. The fraction of sp³-hybridized carbons (Fsp3) is 0.733. The summed E-state index contributed by atoms with van der Waals surface area (Å²) >= 11 is 0.